The normalized spacial score (nSPS) is 8.36. The molecule has 0 bridgehead atoms. The lowest BCUT2D eigenvalue weighted by Gasteiger charge is -1.91. The lowest BCUT2D eigenvalue weighted by molar-refractivity contribution is 0.626. The number of hydrogen-bond acceptors (Lipinski definition) is 0. The summed E-state index contributed by atoms with van der Waals surface area (Å²) in [5.41, 5.74) is 0.968. The predicted octanol–water partition coefficient (Wildman–Crippen LogP) is 3.75. The molecule has 0 atom stereocenters. The molecule has 2 heteroatoms. The summed E-state index contributed by atoms with van der Waals surface area (Å²) in [5.74, 6) is -0.174. The van der Waals surface area contributed by atoms with Gasteiger partial charge in [-0.3, -0.25) is 0 Å². The molecule has 0 aliphatic heterocycles. The minimum atomic E-state index is -0.174. The molecule has 0 nitrogen and oxygen atoms in total. The largest absolute Gasteiger partial charge is 0.207 e. The summed E-state index contributed by atoms with van der Waals surface area (Å²) in [7, 11) is 0. The minimum absolute atomic E-state index is 0.174. The lowest BCUT2D eigenvalue weighted by Crippen LogP contribution is -1.77. The molecular formula is C9H12BrF. The predicted molar refractivity (Wildman–Crippen MR) is 50.4 cm³/mol. The Morgan fingerprint density at radius 3 is 2.36 bits per heavy atom. The van der Waals surface area contributed by atoms with E-state index in [1.807, 2.05) is 19.9 Å². The van der Waals surface area contributed by atoms with Crippen LogP contribution in [0.15, 0.2) is 24.3 Å². The van der Waals surface area contributed by atoms with Crippen LogP contribution in [-0.4, -0.2) is 0 Å². The second-order valence-electron chi connectivity index (χ2n) is 1.76. The summed E-state index contributed by atoms with van der Waals surface area (Å²) >= 11 is 3.22. The van der Waals surface area contributed by atoms with Gasteiger partial charge in [-0.2, -0.15) is 0 Å². The maximum absolute atomic E-state index is 12.3. The van der Waals surface area contributed by atoms with E-state index in [1.165, 1.54) is 12.1 Å². The van der Waals surface area contributed by atoms with E-state index in [-0.39, 0.29) is 5.82 Å². The highest BCUT2D eigenvalue weighted by atomic mass is 79.9. The maximum Gasteiger partial charge on any atom is 0.123 e. The van der Waals surface area contributed by atoms with Crippen molar-refractivity contribution in [3.05, 3.63) is 35.6 Å². The van der Waals surface area contributed by atoms with Gasteiger partial charge < -0.3 is 0 Å². The van der Waals surface area contributed by atoms with Gasteiger partial charge in [-0.25, -0.2) is 4.39 Å². The number of alkyl halides is 1. The second-order valence-corrected chi connectivity index (χ2v) is 2.32. The SMILES string of the molecule is CC.Fc1cccc(CBr)c1. The minimum Gasteiger partial charge on any atom is -0.207 e. The molecule has 0 spiro atoms. The molecule has 0 radical (unpaired) electrons. The highest BCUT2D eigenvalue weighted by Gasteiger charge is 1.89. The smallest absolute Gasteiger partial charge is 0.123 e. The van der Waals surface area contributed by atoms with Gasteiger partial charge in [0.05, 0.1) is 0 Å². The summed E-state index contributed by atoms with van der Waals surface area (Å²) < 4.78 is 12.3. The van der Waals surface area contributed by atoms with Gasteiger partial charge in [-0.1, -0.05) is 41.9 Å². The highest BCUT2D eigenvalue weighted by Crippen LogP contribution is 2.06. The molecule has 0 saturated carbocycles. The van der Waals surface area contributed by atoms with E-state index in [2.05, 4.69) is 15.9 Å². The Hall–Kier alpha value is -0.370. The van der Waals surface area contributed by atoms with Gasteiger partial charge in [0.15, 0.2) is 0 Å². The van der Waals surface area contributed by atoms with Crippen LogP contribution < -0.4 is 0 Å². The van der Waals surface area contributed by atoms with Gasteiger partial charge in [0, 0.05) is 5.33 Å². The van der Waals surface area contributed by atoms with Crippen LogP contribution in [0.1, 0.15) is 19.4 Å². The molecule has 62 valence electrons. The van der Waals surface area contributed by atoms with Gasteiger partial charge >= 0.3 is 0 Å². The zero-order valence-electron chi connectivity index (χ0n) is 6.77. The van der Waals surface area contributed by atoms with Gasteiger partial charge in [0.2, 0.25) is 0 Å². The first-order valence-electron chi connectivity index (χ1n) is 3.63. The fourth-order valence-corrected chi connectivity index (χ4v) is 0.969. The Morgan fingerprint density at radius 1 is 1.36 bits per heavy atom. The molecule has 0 amide bonds. The van der Waals surface area contributed by atoms with Crippen LogP contribution in [0.5, 0.6) is 0 Å². The number of hydrogen-bond donors (Lipinski definition) is 0. The molecule has 11 heavy (non-hydrogen) atoms. The second kappa shape index (κ2) is 6.35. The lowest BCUT2D eigenvalue weighted by atomic mass is 10.2. The molecule has 0 aliphatic rings. The Balaban J connectivity index is 0.000000461. The van der Waals surface area contributed by atoms with Crippen molar-refractivity contribution in [3.8, 4) is 0 Å². The number of benzene rings is 1. The summed E-state index contributed by atoms with van der Waals surface area (Å²) in [6.45, 7) is 4.00. The Labute approximate surface area is 75.6 Å². The zero-order chi connectivity index (χ0) is 8.69. The monoisotopic (exact) mass is 218 g/mol. The summed E-state index contributed by atoms with van der Waals surface area (Å²) in [4.78, 5) is 0. The van der Waals surface area contributed by atoms with Crippen molar-refractivity contribution in [1.29, 1.82) is 0 Å². The van der Waals surface area contributed by atoms with Crippen LogP contribution in [0, 0.1) is 5.82 Å². The standard InChI is InChI=1S/C7H6BrF.C2H6/c8-5-6-2-1-3-7(9)4-6;1-2/h1-4H,5H2;1-2H3. The van der Waals surface area contributed by atoms with Crippen LogP contribution in [0.3, 0.4) is 0 Å². The van der Waals surface area contributed by atoms with E-state index in [9.17, 15) is 4.39 Å². The molecule has 0 unspecified atom stereocenters. The zero-order valence-corrected chi connectivity index (χ0v) is 8.36. The van der Waals surface area contributed by atoms with Crippen LogP contribution in [0.4, 0.5) is 4.39 Å². The first kappa shape index (κ1) is 10.6. The van der Waals surface area contributed by atoms with Crippen molar-refractivity contribution in [2.45, 2.75) is 19.2 Å². The number of halogens is 2. The quantitative estimate of drug-likeness (QED) is 0.631. The molecular weight excluding hydrogens is 207 g/mol. The Morgan fingerprint density at radius 2 is 2.00 bits per heavy atom. The molecule has 0 fully saturated rings. The molecule has 0 saturated heterocycles. The van der Waals surface area contributed by atoms with Crippen molar-refractivity contribution < 1.29 is 4.39 Å². The van der Waals surface area contributed by atoms with Gasteiger partial charge in [0.25, 0.3) is 0 Å². The highest BCUT2D eigenvalue weighted by molar-refractivity contribution is 9.08. The third kappa shape index (κ3) is 4.14. The summed E-state index contributed by atoms with van der Waals surface area (Å²) in [5, 5.41) is 0.713. The molecule has 1 aromatic rings. The van der Waals surface area contributed by atoms with E-state index < -0.39 is 0 Å². The maximum atomic E-state index is 12.3. The van der Waals surface area contributed by atoms with Gasteiger partial charge in [0.1, 0.15) is 5.82 Å². The number of rotatable bonds is 1. The van der Waals surface area contributed by atoms with Crippen LogP contribution in [0.25, 0.3) is 0 Å². The first-order valence-corrected chi connectivity index (χ1v) is 4.75. The molecule has 0 aliphatic carbocycles. The molecule has 1 rings (SSSR count). The molecule has 0 aromatic heterocycles. The molecule has 0 heterocycles. The topological polar surface area (TPSA) is 0 Å². The third-order valence-corrected chi connectivity index (χ3v) is 1.69. The van der Waals surface area contributed by atoms with E-state index in [4.69, 9.17) is 0 Å². The Kier molecular flexibility index (Phi) is 6.13. The van der Waals surface area contributed by atoms with E-state index in [0.717, 1.165) is 5.56 Å². The van der Waals surface area contributed by atoms with Crippen LogP contribution in [0.2, 0.25) is 0 Å². The van der Waals surface area contributed by atoms with Gasteiger partial charge in [-0.15, -0.1) is 0 Å². The van der Waals surface area contributed by atoms with E-state index in [1.54, 1.807) is 6.07 Å². The van der Waals surface area contributed by atoms with E-state index in [0.29, 0.717) is 5.33 Å². The summed E-state index contributed by atoms with van der Waals surface area (Å²) in [6, 6.07) is 6.52. The third-order valence-electron chi connectivity index (χ3n) is 1.04. The van der Waals surface area contributed by atoms with Crippen LogP contribution in [-0.2, 0) is 5.33 Å². The van der Waals surface area contributed by atoms with Crippen LogP contribution >= 0.6 is 15.9 Å². The van der Waals surface area contributed by atoms with Crippen molar-refractivity contribution in [1.82, 2.24) is 0 Å². The molecule has 1 aromatic carbocycles. The van der Waals surface area contributed by atoms with Crippen molar-refractivity contribution in [2.24, 2.45) is 0 Å². The van der Waals surface area contributed by atoms with E-state index >= 15 is 0 Å². The average molecular weight is 219 g/mol. The van der Waals surface area contributed by atoms with Gasteiger partial charge in [-0.05, 0) is 17.7 Å². The molecule has 0 N–H and O–H groups in total. The summed E-state index contributed by atoms with van der Waals surface area (Å²) in [6.07, 6.45) is 0. The average Bonchev–Trinajstić information content (AvgIpc) is 2.08. The van der Waals surface area contributed by atoms with Crippen molar-refractivity contribution in [2.75, 3.05) is 0 Å². The first-order chi connectivity index (χ1) is 5.33. The Bertz CT molecular complexity index is 199. The van der Waals surface area contributed by atoms with Crippen molar-refractivity contribution in [3.63, 3.8) is 0 Å². The fraction of sp³-hybridized carbons (Fsp3) is 0.333. The fourth-order valence-electron chi connectivity index (χ4n) is 0.620. The van der Waals surface area contributed by atoms with Crippen molar-refractivity contribution >= 4 is 15.9 Å².